The van der Waals surface area contributed by atoms with Crippen LogP contribution in [0, 0.1) is 5.82 Å². The molecule has 1 N–H and O–H groups in total. The highest BCUT2D eigenvalue weighted by atomic mass is 19.1. The molecule has 1 atom stereocenters. The van der Waals surface area contributed by atoms with Crippen molar-refractivity contribution in [3.8, 4) is 0 Å². The van der Waals surface area contributed by atoms with Crippen molar-refractivity contribution in [1.82, 2.24) is 5.32 Å². The van der Waals surface area contributed by atoms with Crippen LogP contribution in [0.1, 0.15) is 38.7 Å². The molecule has 3 heteroatoms. The fraction of sp³-hybridized carbons (Fsp3) is 0.625. The zero-order chi connectivity index (χ0) is 13.7. The number of hydrogen-bond acceptors (Lipinski definition) is 2. The van der Waals surface area contributed by atoms with Gasteiger partial charge in [0, 0.05) is 24.8 Å². The maximum absolute atomic E-state index is 13.3. The first kappa shape index (κ1) is 14.3. The molecular formula is C16H25FN2. The van der Waals surface area contributed by atoms with E-state index >= 15 is 0 Å². The van der Waals surface area contributed by atoms with Crippen LogP contribution in [0.5, 0.6) is 0 Å². The van der Waals surface area contributed by atoms with Crippen LogP contribution in [-0.4, -0.2) is 25.7 Å². The largest absolute Gasteiger partial charge is 0.367 e. The van der Waals surface area contributed by atoms with Gasteiger partial charge in [0.05, 0.1) is 0 Å². The summed E-state index contributed by atoms with van der Waals surface area (Å²) in [6, 6.07) is 5.59. The van der Waals surface area contributed by atoms with Crippen LogP contribution in [0.4, 0.5) is 10.1 Å². The van der Waals surface area contributed by atoms with Gasteiger partial charge in [-0.2, -0.15) is 0 Å². The van der Waals surface area contributed by atoms with Gasteiger partial charge in [0.15, 0.2) is 0 Å². The molecule has 0 saturated heterocycles. The van der Waals surface area contributed by atoms with Crippen LogP contribution in [0.2, 0.25) is 0 Å². The first-order chi connectivity index (χ1) is 9.22. The summed E-state index contributed by atoms with van der Waals surface area (Å²) in [7, 11) is 0. The third kappa shape index (κ3) is 3.69. The molecule has 0 amide bonds. The summed E-state index contributed by atoms with van der Waals surface area (Å²) in [4.78, 5) is 2.32. The first-order valence-electron chi connectivity index (χ1n) is 7.48. The molecule has 0 bridgehead atoms. The van der Waals surface area contributed by atoms with E-state index in [0.717, 1.165) is 31.7 Å². The lowest BCUT2D eigenvalue weighted by Crippen LogP contribution is -2.39. The molecule has 0 aromatic heterocycles. The second kappa shape index (κ2) is 6.90. The summed E-state index contributed by atoms with van der Waals surface area (Å²) >= 11 is 0. The van der Waals surface area contributed by atoms with E-state index in [1.54, 1.807) is 12.1 Å². The van der Waals surface area contributed by atoms with E-state index < -0.39 is 0 Å². The molecule has 2 nitrogen and oxygen atoms in total. The van der Waals surface area contributed by atoms with Crippen molar-refractivity contribution in [2.75, 3.05) is 24.5 Å². The highest BCUT2D eigenvalue weighted by Crippen LogP contribution is 2.30. The summed E-state index contributed by atoms with van der Waals surface area (Å²) in [5.41, 5.74) is 2.36. The fourth-order valence-electron chi connectivity index (χ4n) is 2.76. The molecule has 106 valence electrons. The van der Waals surface area contributed by atoms with Crippen LogP contribution in [0.15, 0.2) is 18.2 Å². The Kier molecular flexibility index (Phi) is 5.20. The average molecular weight is 264 g/mol. The van der Waals surface area contributed by atoms with Crippen LogP contribution in [-0.2, 0) is 6.42 Å². The standard InChI is InChI=1S/C16H25FN2/c1-3-4-5-9-18-12-13(2)19-10-8-14-6-7-15(17)11-16(14)19/h6-7,11,13,18H,3-5,8-10,12H2,1-2H3. The monoisotopic (exact) mass is 264 g/mol. The highest BCUT2D eigenvalue weighted by Gasteiger charge is 2.23. The Balaban J connectivity index is 1.85. The number of rotatable bonds is 7. The second-order valence-electron chi connectivity index (χ2n) is 5.48. The molecule has 2 rings (SSSR count). The SMILES string of the molecule is CCCCCNCC(C)N1CCc2ccc(F)cc21. The lowest BCUT2D eigenvalue weighted by atomic mass is 10.1. The highest BCUT2D eigenvalue weighted by molar-refractivity contribution is 5.58. The molecule has 1 aliphatic heterocycles. The van der Waals surface area contributed by atoms with E-state index in [0.29, 0.717) is 6.04 Å². The van der Waals surface area contributed by atoms with E-state index in [4.69, 9.17) is 0 Å². The molecule has 0 radical (unpaired) electrons. The lowest BCUT2D eigenvalue weighted by molar-refractivity contribution is 0.550. The minimum Gasteiger partial charge on any atom is -0.367 e. The molecule has 1 aromatic carbocycles. The van der Waals surface area contributed by atoms with Gasteiger partial charge in [0.25, 0.3) is 0 Å². The van der Waals surface area contributed by atoms with Crippen molar-refractivity contribution in [2.24, 2.45) is 0 Å². The molecule has 1 heterocycles. The van der Waals surface area contributed by atoms with E-state index in [2.05, 4.69) is 24.1 Å². The van der Waals surface area contributed by atoms with E-state index in [1.165, 1.54) is 24.8 Å². The lowest BCUT2D eigenvalue weighted by Gasteiger charge is -2.27. The maximum atomic E-state index is 13.3. The van der Waals surface area contributed by atoms with E-state index in [1.807, 2.05) is 6.07 Å². The summed E-state index contributed by atoms with van der Waals surface area (Å²) in [5, 5.41) is 3.51. The van der Waals surface area contributed by atoms with Gasteiger partial charge in [0.1, 0.15) is 5.82 Å². The van der Waals surface area contributed by atoms with Crippen molar-refractivity contribution in [2.45, 2.75) is 45.6 Å². The number of anilines is 1. The van der Waals surface area contributed by atoms with Gasteiger partial charge in [-0.25, -0.2) is 4.39 Å². The number of benzene rings is 1. The topological polar surface area (TPSA) is 15.3 Å². The molecule has 0 fully saturated rings. The molecule has 0 spiro atoms. The quantitative estimate of drug-likeness (QED) is 0.760. The predicted octanol–water partition coefficient (Wildman–Crippen LogP) is 3.36. The van der Waals surface area contributed by atoms with E-state index in [9.17, 15) is 4.39 Å². The Hall–Kier alpha value is -1.09. The minimum atomic E-state index is -0.131. The maximum Gasteiger partial charge on any atom is 0.125 e. The van der Waals surface area contributed by atoms with Crippen molar-refractivity contribution in [3.63, 3.8) is 0 Å². The Labute approximate surface area is 116 Å². The predicted molar refractivity (Wildman–Crippen MR) is 79.3 cm³/mol. The Morgan fingerprint density at radius 1 is 1.37 bits per heavy atom. The molecule has 1 aliphatic rings. The van der Waals surface area contributed by atoms with Crippen LogP contribution < -0.4 is 10.2 Å². The fourth-order valence-corrected chi connectivity index (χ4v) is 2.76. The van der Waals surface area contributed by atoms with Crippen molar-refractivity contribution in [1.29, 1.82) is 0 Å². The summed E-state index contributed by atoms with van der Waals surface area (Å²) in [6.07, 6.45) is 4.83. The van der Waals surface area contributed by atoms with Gasteiger partial charge in [-0.15, -0.1) is 0 Å². The summed E-state index contributed by atoms with van der Waals surface area (Å²) < 4.78 is 13.3. The van der Waals surface area contributed by atoms with Gasteiger partial charge in [0.2, 0.25) is 0 Å². The van der Waals surface area contributed by atoms with Crippen LogP contribution in [0.25, 0.3) is 0 Å². The number of nitrogens with one attached hydrogen (secondary N) is 1. The van der Waals surface area contributed by atoms with Crippen molar-refractivity contribution in [3.05, 3.63) is 29.6 Å². The van der Waals surface area contributed by atoms with Gasteiger partial charge in [-0.3, -0.25) is 0 Å². The average Bonchev–Trinajstić information content (AvgIpc) is 2.81. The molecule has 0 saturated carbocycles. The Bertz CT molecular complexity index is 406. The molecule has 19 heavy (non-hydrogen) atoms. The van der Waals surface area contributed by atoms with Gasteiger partial charge in [-0.1, -0.05) is 25.8 Å². The molecule has 1 unspecified atom stereocenters. The number of nitrogens with zero attached hydrogens (tertiary/aromatic N) is 1. The number of fused-ring (bicyclic) bond motifs is 1. The normalized spacial score (nSPS) is 15.6. The van der Waals surface area contributed by atoms with Crippen molar-refractivity contribution < 1.29 is 4.39 Å². The van der Waals surface area contributed by atoms with E-state index in [-0.39, 0.29) is 5.82 Å². The molecule has 1 aromatic rings. The first-order valence-corrected chi connectivity index (χ1v) is 7.48. The minimum absolute atomic E-state index is 0.131. The third-order valence-electron chi connectivity index (χ3n) is 3.91. The summed E-state index contributed by atoms with van der Waals surface area (Å²) in [6.45, 7) is 7.50. The second-order valence-corrected chi connectivity index (χ2v) is 5.48. The zero-order valence-electron chi connectivity index (χ0n) is 12.1. The third-order valence-corrected chi connectivity index (χ3v) is 3.91. The zero-order valence-corrected chi connectivity index (χ0v) is 12.1. The Morgan fingerprint density at radius 2 is 2.21 bits per heavy atom. The van der Waals surface area contributed by atoms with Crippen LogP contribution in [0.3, 0.4) is 0 Å². The molecule has 0 aliphatic carbocycles. The van der Waals surface area contributed by atoms with Gasteiger partial charge < -0.3 is 10.2 Å². The number of halogens is 1. The number of hydrogen-bond donors (Lipinski definition) is 1. The smallest absolute Gasteiger partial charge is 0.125 e. The van der Waals surface area contributed by atoms with Crippen LogP contribution >= 0.6 is 0 Å². The number of unbranched alkanes of at least 4 members (excludes halogenated alkanes) is 2. The van der Waals surface area contributed by atoms with Gasteiger partial charge in [-0.05, 0) is 44.0 Å². The molecular weight excluding hydrogens is 239 g/mol. The Morgan fingerprint density at radius 3 is 3.00 bits per heavy atom. The van der Waals surface area contributed by atoms with Gasteiger partial charge >= 0.3 is 0 Å². The summed E-state index contributed by atoms with van der Waals surface area (Å²) in [5.74, 6) is -0.131. The van der Waals surface area contributed by atoms with Crippen molar-refractivity contribution >= 4 is 5.69 Å².